The van der Waals surface area contributed by atoms with Gasteiger partial charge in [-0.15, -0.1) is 0 Å². The van der Waals surface area contributed by atoms with Crippen LogP contribution in [-0.4, -0.2) is 20.9 Å². The van der Waals surface area contributed by atoms with Crippen LogP contribution in [0, 0.1) is 0 Å². The van der Waals surface area contributed by atoms with Crippen molar-refractivity contribution in [1.29, 1.82) is 0 Å². The minimum atomic E-state index is -0.906. The maximum Gasteiger partial charge on any atom is 0.335 e. The first-order valence-corrected chi connectivity index (χ1v) is 10.8. The van der Waals surface area contributed by atoms with Crippen LogP contribution >= 0.6 is 0 Å². The molecule has 0 unspecified atom stereocenters. The minimum absolute atomic E-state index is 0.140. The lowest BCUT2D eigenvalue weighted by Gasteiger charge is -2.42. The van der Waals surface area contributed by atoms with Gasteiger partial charge in [0.1, 0.15) is 0 Å². The van der Waals surface area contributed by atoms with Crippen molar-refractivity contribution in [3.63, 3.8) is 0 Å². The third kappa shape index (κ3) is 4.34. The summed E-state index contributed by atoms with van der Waals surface area (Å²) in [6.07, 6.45) is 10.4. The van der Waals surface area contributed by atoms with Gasteiger partial charge in [-0.1, -0.05) is 64.1 Å². The molecule has 1 heterocycles. The van der Waals surface area contributed by atoms with Gasteiger partial charge in [-0.05, 0) is 69.7 Å². The van der Waals surface area contributed by atoms with Gasteiger partial charge >= 0.3 is 5.97 Å². The van der Waals surface area contributed by atoms with E-state index in [1.807, 2.05) is 35.3 Å². The Labute approximate surface area is 184 Å². The largest absolute Gasteiger partial charge is 0.478 e. The Hall–Kier alpha value is -3.14. The van der Waals surface area contributed by atoms with Crippen LogP contribution in [0.2, 0.25) is 0 Å². The molecule has 4 rings (SSSR count). The maximum absolute atomic E-state index is 11.1. The van der Waals surface area contributed by atoms with Gasteiger partial charge in [0.05, 0.1) is 12.1 Å². The van der Waals surface area contributed by atoms with E-state index in [9.17, 15) is 4.79 Å². The Kier molecular flexibility index (Phi) is 5.34. The topological polar surface area (TPSA) is 55.1 Å². The van der Waals surface area contributed by atoms with Crippen LogP contribution in [0.25, 0.3) is 12.2 Å². The van der Waals surface area contributed by atoms with Crippen molar-refractivity contribution in [2.45, 2.75) is 57.9 Å². The molecule has 1 aliphatic carbocycles. The van der Waals surface area contributed by atoms with Gasteiger partial charge in [-0.25, -0.2) is 4.79 Å². The zero-order valence-corrected chi connectivity index (χ0v) is 18.7. The molecule has 0 saturated heterocycles. The van der Waals surface area contributed by atoms with Crippen molar-refractivity contribution in [2.75, 3.05) is 0 Å². The van der Waals surface area contributed by atoms with Crippen molar-refractivity contribution in [3.8, 4) is 0 Å². The van der Waals surface area contributed by atoms with Crippen LogP contribution in [0.3, 0.4) is 0 Å². The molecule has 0 atom stereocenters. The molecule has 31 heavy (non-hydrogen) atoms. The number of rotatable bonds is 5. The first-order chi connectivity index (χ1) is 14.7. The van der Waals surface area contributed by atoms with E-state index in [4.69, 9.17) is 5.11 Å². The van der Waals surface area contributed by atoms with E-state index < -0.39 is 5.97 Å². The van der Waals surface area contributed by atoms with Gasteiger partial charge < -0.3 is 5.11 Å². The SMILES string of the molecule is [13CH3]C1([13CH3])CCC([13CH3])([13CH3])c2cc(Cn3cccn3)c(/C=C/c3ccc(C(=O)O)cc3)cc21. The fourth-order valence-corrected chi connectivity index (χ4v) is 4.46. The third-order valence-corrected chi connectivity index (χ3v) is 6.62. The zero-order valence-electron chi connectivity index (χ0n) is 18.7. The second-order valence-corrected chi connectivity index (χ2v) is 9.83. The van der Waals surface area contributed by atoms with E-state index in [0.717, 1.165) is 5.56 Å². The number of aromatic nitrogens is 2. The van der Waals surface area contributed by atoms with Crippen LogP contribution in [0.5, 0.6) is 0 Å². The Morgan fingerprint density at radius 2 is 1.68 bits per heavy atom. The smallest absolute Gasteiger partial charge is 0.335 e. The van der Waals surface area contributed by atoms with E-state index >= 15 is 0 Å². The fourth-order valence-electron chi connectivity index (χ4n) is 4.46. The Morgan fingerprint density at radius 3 is 2.26 bits per heavy atom. The summed E-state index contributed by atoms with van der Waals surface area (Å²) < 4.78 is 1.96. The van der Waals surface area contributed by atoms with Crippen molar-refractivity contribution in [2.24, 2.45) is 0 Å². The number of aromatic carboxylic acids is 1. The Balaban J connectivity index is 1.78. The molecular weight excluding hydrogens is 388 g/mol. The molecule has 1 N–H and O–H groups in total. The summed E-state index contributed by atoms with van der Waals surface area (Å²) in [5.74, 6) is -0.906. The van der Waals surface area contributed by atoms with Crippen molar-refractivity contribution in [3.05, 3.63) is 88.2 Å². The van der Waals surface area contributed by atoms with Gasteiger partial charge in [0, 0.05) is 12.4 Å². The number of fused-ring (bicyclic) bond motifs is 1. The number of nitrogens with zero attached hydrogens (tertiary/aromatic N) is 2. The Morgan fingerprint density at radius 1 is 1.03 bits per heavy atom. The molecular formula is C27H30N2O2. The normalized spacial score (nSPS) is 16.9. The Bertz CT molecular complexity index is 1120. The molecule has 4 heteroatoms. The van der Waals surface area contributed by atoms with Gasteiger partial charge in [0.25, 0.3) is 0 Å². The van der Waals surface area contributed by atoms with E-state index in [2.05, 4.69) is 57.1 Å². The summed E-state index contributed by atoms with van der Waals surface area (Å²) >= 11 is 0. The summed E-state index contributed by atoms with van der Waals surface area (Å²) in [6, 6.07) is 13.7. The molecule has 0 radical (unpaired) electrons. The molecule has 0 fully saturated rings. The van der Waals surface area contributed by atoms with Crippen LogP contribution in [0.1, 0.15) is 78.7 Å². The maximum atomic E-state index is 11.1. The summed E-state index contributed by atoms with van der Waals surface area (Å²) in [7, 11) is 0. The number of hydrogen-bond donors (Lipinski definition) is 1. The molecule has 4 nitrogen and oxygen atoms in total. The summed E-state index contributed by atoms with van der Waals surface area (Å²) in [4.78, 5) is 11.1. The third-order valence-electron chi connectivity index (χ3n) is 6.62. The predicted molar refractivity (Wildman–Crippen MR) is 125 cm³/mol. The fraction of sp³-hybridized carbons (Fsp3) is 0.333. The van der Waals surface area contributed by atoms with Crippen LogP contribution in [0.15, 0.2) is 54.9 Å². The van der Waals surface area contributed by atoms with Crippen molar-refractivity contribution >= 4 is 18.1 Å². The average molecular weight is 419 g/mol. The van der Waals surface area contributed by atoms with Crippen LogP contribution < -0.4 is 0 Å². The first-order valence-electron chi connectivity index (χ1n) is 10.8. The lowest BCUT2D eigenvalue weighted by Crippen LogP contribution is -2.34. The zero-order chi connectivity index (χ0) is 22.2. The first kappa shape index (κ1) is 21.1. The lowest BCUT2D eigenvalue weighted by molar-refractivity contribution is 0.0697. The quantitative estimate of drug-likeness (QED) is 0.399. The number of hydrogen-bond acceptors (Lipinski definition) is 2. The molecule has 3 aromatic rings. The van der Waals surface area contributed by atoms with Gasteiger partial charge in [0.2, 0.25) is 0 Å². The predicted octanol–water partition coefficient (Wildman–Crippen LogP) is 6.15. The molecule has 0 aliphatic heterocycles. The minimum Gasteiger partial charge on any atom is -0.478 e. The highest BCUT2D eigenvalue weighted by Crippen LogP contribution is 2.46. The summed E-state index contributed by atoms with van der Waals surface area (Å²) in [5.41, 5.74) is 6.86. The van der Waals surface area contributed by atoms with Gasteiger partial charge in [0.15, 0.2) is 0 Å². The van der Waals surface area contributed by atoms with E-state index in [1.165, 1.54) is 35.1 Å². The van der Waals surface area contributed by atoms with Gasteiger partial charge in [-0.3, -0.25) is 4.68 Å². The van der Waals surface area contributed by atoms with Gasteiger partial charge in [-0.2, -0.15) is 5.10 Å². The lowest BCUT2D eigenvalue weighted by atomic mass is 9.71. The molecule has 1 aliphatic rings. The molecule has 0 bridgehead atoms. The molecule has 1 aromatic heterocycles. The molecule has 0 saturated carbocycles. The number of carboxylic acid groups (broad SMARTS) is 1. The molecule has 0 spiro atoms. The van der Waals surface area contributed by atoms with E-state index in [-0.39, 0.29) is 10.8 Å². The summed E-state index contributed by atoms with van der Waals surface area (Å²) in [6.45, 7) is 10.1. The highest BCUT2D eigenvalue weighted by Gasteiger charge is 2.37. The molecule has 160 valence electrons. The standard InChI is InChI=1S/C27H30N2O2/c1-26(2)12-13-27(3,4)24-17-22(18-29-15-5-14-28-29)21(16-23(24)26)11-8-19-6-9-20(10-7-19)25(30)31/h5-11,14-17H,12-13,18H2,1-4H3,(H,30,31)/b11-8+/i1+1,2+1,3+1,4+1. The molecule has 0 amide bonds. The van der Waals surface area contributed by atoms with E-state index in [0.29, 0.717) is 12.1 Å². The molecule has 2 aromatic carbocycles. The van der Waals surface area contributed by atoms with E-state index in [1.54, 1.807) is 12.1 Å². The average Bonchev–Trinajstić information content (AvgIpc) is 3.23. The number of benzene rings is 2. The highest BCUT2D eigenvalue weighted by atomic mass is 16.4. The number of carbonyl (C=O) groups is 1. The second-order valence-electron chi connectivity index (χ2n) is 9.83. The second kappa shape index (κ2) is 7.84. The van der Waals surface area contributed by atoms with Crippen molar-refractivity contribution in [1.82, 2.24) is 9.78 Å². The van der Waals surface area contributed by atoms with Crippen LogP contribution in [-0.2, 0) is 17.4 Å². The number of carboxylic acids is 1. The summed E-state index contributed by atoms with van der Waals surface area (Å²) in [5, 5.41) is 13.5. The van der Waals surface area contributed by atoms with Crippen molar-refractivity contribution < 1.29 is 9.90 Å². The van der Waals surface area contributed by atoms with Crippen LogP contribution in [0.4, 0.5) is 0 Å². The highest BCUT2D eigenvalue weighted by molar-refractivity contribution is 5.88. The monoisotopic (exact) mass is 418 g/mol.